The quantitative estimate of drug-likeness (QED) is 0.269. The topological polar surface area (TPSA) is 148 Å². The van der Waals surface area contributed by atoms with E-state index in [-0.39, 0.29) is 42.0 Å². The number of ketones is 1. The molecule has 0 amide bonds. The zero-order chi connectivity index (χ0) is 24.7. The lowest BCUT2D eigenvalue weighted by Crippen LogP contribution is -2.42. The third kappa shape index (κ3) is 4.58. The summed E-state index contributed by atoms with van der Waals surface area (Å²) in [6.45, 7) is 2.85. The van der Waals surface area contributed by atoms with Gasteiger partial charge in [0.15, 0.2) is 40.3 Å². The molecule has 2 unspecified atom stereocenters. The Hall–Kier alpha value is -2.09. The summed E-state index contributed by atoms with van der Waals surface area (Å²) < 4.78 is 44.1. The number of hydrogen-bond acceptors (Lipinski definition) is 12. The lowest BCUT2D eigenvalue weighted by Gasteiger charge is -2.26. The summed E-state index contributed by atoms with van der Waals surface area (Å²) in [5.41, 5.74) is -1.08. The number of ether oxygens (including phenoxy) is 3. The maximum absolute atomic E-state index is 13.2. The third-order valence-corrected chi connectivity index (χ3v) is 8.27. The first-order chi connectivity index (χ1) is 16.0. The van der Waals surface area contributed by atoms with Crippen molar-refractivity contribution in [3.63, 3.8) is 0 Å². The molecular weight excluding hydrogens is 491 g/mol. The van der Waals surface area contributed by atoms with Crippen molar-refractivity contribution < 1.29 is 42.2 Å². The summed E-state index contributed by atoms with van der Waals surface area (Å²) in [6.07, 6.45) is -0.551. The fourth-order valence-electron chi connectivity index (χ4n) is 3.90. The van der Waals surface area contributed by atoms with Crippen LogP contribution in [0.2, 0.25) is 0 Å². The van der Waals surface area contributed by atoms with Crippen LogP contribution in [0.5, 0.6) is 0 Å². The molecule has 2 saturated heterocycles. The Morgan fingerprint density at radius 2 is 2.15 bits per heavy atom. The van der Waals surface area contributed by atoms with Gasteiger partial charge in [-0.3, -0.25) is 23.2 Å². The van der Waals surface area contributed by atoms with Crippen LogP contribution in [0.3, 0.4) is 0 Å². The predicted octanol–water partition coefficient (Wildman–Crippen LogP) is 2.35. The van der Waals surface area contributed by atoms with Crippen molar-refractivity contribution in [3.05, 3.63) is 12.0 Å². The minimum absolute atomic E-state index is 0.0281. The SMILES string of the molecule is CC(=O)SCCOP(=O)(OC[C@H]1O[C@@H](n2cnc3c2N=CCC3=O)C2(C)OC(=O)O[C@@H]12)N(C)C. The van der Waals surface area contributed by atoms with Crippen molar-refractivity contribution in [2.75, 3.05) is 33.1 Å². The van der Waals surface area contributed by atoms with Crippen LogP contribution in [-0.4, -0.2) is 88.4 Å². The molecule has 3 aliphatic heterocycles. The molecule has 5 atom stereocenters. The molecule has 1 aromatic heterocycles. The zero-order valence-corrected chi connectivity index (χ0v) is 20.7. The van der Waals surface area contributed by atoms with Crippen molar-refractivity contribution in [2.24, 2.45) is 4.99 Å². The molecule has 13 nitrogen and oxygen atoms in total. The number of carbonyl (C=O) groups excluding carboxylic acids is 3. The van der Waals surface area contributed by atoms with Crippen LogP contribution in [0.1, 0.15) is 37.0 Å². The van der Waals surface area contributed by atoms with Gasteiger partial charge >= 0.3 is 13.9 Å². The Kier molecular flexibility index (Phi) is 7.00. The molecule has 0 radical (unpaired) electrons. The lowest BCUT2D eigenvalue weighted by molar-refractivity contribution is -0.109. The van der Waals surface area contributed by atoms with E-state index >= 15 is 0 Å². The first kappa shape index (κ1) is 25.0. The average molecular weight is 516 g/mol. The van der Waals surface area contributed by atoms with Crippen molar-refractivity contribution in [3.8, 4) is 0 Å². The Morgan fingerprint density at radius 3 is 2.85 bits per heavy atom. The van der Waals surface area contributed by atoms with E-state index in [0.717, 1.165) is 11.8 Å². The van der Waals surface area contributed by atoms with E-state index in [1.165, 1.54) is 42.8 Å². The first-order valence-corrected chi connectivity index (χ1v) is 12.9. The zero-order valence-electron chi connectivity index (χ0n) is 19.0. The minimum Gasteiger partial charge on any atom is -0.424 e. The van der Waals surface area contributed by atoms with E-state index in [1.54, 1.807) is 6.92 Å². The van der Waals surface area contributed by atoms with Gasteiger partial charge in [0, 0.05) is 25.3 Å². The molecule has 1 aromatic rings. The van der Waals surface area contributed by atoms with Crippen LogP contribution >= 0.6 is 19.5 Å². The van der Waals surface area contributed by atoms with Gasteiger partial charge in [-0.2, -0.15) is 0 Å². The molecule has 4 rings (SSSR count). The molecule has 186 valence electrons. The molecule has 0 saturated carbocycles. The molecular formula is C19H25N4O9PS. The minimum atomic E-state index is -3.72. The highest BCUT2D eigenvalue weighted by molar-refractivity contribution is 8.13. The number of aliphatic imine (C=N–C) groups is 1. The van der Waals surface area contributed by atoms with E-state index in [1.807, 2.05) is 0 Å². The fraction of sp³-hybridized carbons (Fsp3) is 0.632. The average Bonchev–Trinajstić information content (AvgIpc) is 3.39. The van der Waals surface area contributed by atoms with Gasteiger partial charge < -0.3 is 14.2 Å². The van der Waals surface area contributed by atoms with E-state index in [2.05, 4.69) is 9.98 Å². The van der Waals surface area contributed by atoms with Crippen molar-refractivity contribution in [1.82, 2.24) is 14.2 Å². The number of fused-ring (bicyclic) bond motifs is 2. The highest BCUT2D eigenvalue weighted by Gasteiger charge is 2.64. The lowest BCUT2D eigenvalue weighted by atomic mass is 9.96. The number of thioether (sulfide) groups is 1. The van der Waals surface area contributed by atoms with E-state index in [4.69, 9.17) is 23.3 Å². The first-order valence-electron chi connectivity index (χ1n) is 10.4. The molecule has 34 heavy (non-hydrogen) atoms. The number of Topliss-reactive ketones (excluding diaryl/α,β-unsaturated/α-hetero) is 1. The number of imidazole rings is 1. The van der Waals surface area contributed by atoms with Crippen molar-refractivity contribution in [2.45, 2.75) is 44.3 Å². The summed E-state index contributed by atoms with van der Waals surface area (Å²) in [7, 11) is -0.655. The molecule has 15 heteroatoms. The van der Waals surface area contributed by atoms with Gasteiger partial charge in [0.2, 0.25) is 0 Å². The van der Waals surface area contributed by atoms with Gasteiger partial charge in [0.25, 0.3) is 0 Å². The number of nitrogens with zero attached hydrogens (tertiary/aromatic N) is 4. The van der Waals surface area contributed by atoms with Crippen LogP contribution in [0.15, 0.2) is 11.3 Å². The van der Waals surface area contributed by atoms with E-state index in [9.17, 15) is 18.9 Å². The van der Waals surface area contributed by atoms with E-state index in [0.29, 0.717) is 5.75 Å². The van der Waals surface area contributed by atoms with Gasteiger partial charge in [-0.05, 0) is 21.0 Å². The predicted molar refractivity (Wildman–Crippen MR) is 119 cm³/mol. The second kappa shape index (κ2) is 9.51. The Balaban J connectivity index is 1.52. The van der Waals surface area contributed by atoms with Crippen LogP contribution in [0.25, 0.3) is 0 Å². The number of rotatable bonds is 9. The van der Waals surface area contributed by atoms with Crippen LogP contribution < -0.4 is 0 Å². The molecule has 0 aromatic carbocycles. The molecule has 0 N–H and O–H groups in total. The molecule has 0 bridgehead atoms. The molecule has 4 heterocycles. The molecule has 2 fully saturated rings. The maximum atomic E-state index is 13.2. The normalized spacial score (nSPS) is 29.5. The highest BCUT2D eigenvalue weighted by atomic mass is 32.2. The standard InChI is InChI=1S/C19H25N4O9PS/c1-11(24)34-8-7-28-33(27,22(3)4)29-9-13-15-19(2,32-18(26)31-15)17(30-13)23-10-21-14-12(25)5-6-20-16(14)23/h6,10,13,15,17H,5,7-9H2,1-4H3/t13-,15+,17-,19?,33?/m1/s1. The van der Waals surface area contributed by atoms with Crippen LogP contribution in [-0.2, 0) is 32.6 Å². The molecule has 3 aliphatic rings. The number of hydrogen-bond donors (Lipinski definition) is 0. The van der Waals surface area contributed by atoms with Gasteiger partial charge in [-0.15, -0.1) is 0 Å². The largest absolute Gasteiger partial charge is 0.509 e. The van der Waals surface area contributed by atoms with Gasteiger partial charge in [0.05, 0.1) is 19.5 Å². The van der Waals surface area contributed by atoms with Crippen molar-refractivity contribution >= 4 is 48.6 Å². The summed E-state index contributed by atoms with van der Waals surface area (Å²) in [4.78, 5) is 43.7. The van der Waals surface area contributed by atoms with E-state index < -0.39 is 37.9 Å². The maximum Gasteiger partial charge on any atom is 0.509 e. The number of carbonyl (C=O) groups is 3. The number of aromatic nitrogens is 2. The summed E-state index contributed by atoms with van der Waals surface area (Å²) in [5, 5.41) is -0.0790. The summed E-state index contributed by atoms with van der Waals surface area (Å²) >= 11 is 1.05. The Morgan fingerprint density at radius 1 is 1.38 bits per heavy atom. The monoisotopic (exact) mass is 516 g/mol. The fourth-order valence-corrected chi connectivity index (χ4v) is 5.67. The molecule has 0 spiro atoms. The van der Waals surface area contributed by atoms with Gasteiger partial charge in [0.1, 0.15) is 6.10 Å². The highest BCUT2D eigenvalue weighted by Crippen LogP contribution is 2.53. The third-order valence-electron chi connectivity index (χ3n) is 5.53. The Bertz CT molecular complexity index is 1080. The summed E-state index contributed by atoms with van der Waals surface area (Å²) in [6, 6.07) is 0. The van der Waals surface area contributed by atoms with Crippen LogP contribution in [0.4, 0.5) is 10.6 Å². The smallest absolute Gasteiger partial charge is 0.424 e. The van der Waals surface area contributed by atoms with Gasteiger partial charge in [-0.25, -0.2) is 24.0 Å². The Labute approximate surface area is 199 Å². The second-order valence-electron chi connectivity index (χ2n) is 8.15. The van der Waals surface area contributed by atoms with Crippen LogP contribution in [0, 0.1) is 0 Å². The second-order valence-corrected chi connectivity index (χ2v) is 11.7. The summed E-state index contributed by atoms with van der Waals surface area (Å²) in [5.74, 6) is 0.418. The van der Waals surface area contributed by atoms with Gasteiger partial charge in [-0.1, -0.05) is 11.8 Å². The molecule has 0 aliphatic carbocycles. The van der Waals surface area contributed by atoms with Crippen molar-refractivity contribution in [1.29, 1.82) is 0 Å².